The summed E-state index contributed by atoms with van der Waals surface area (Å²) in [5.41, 5.74) is 2.51. The lowest BCUT2D eigenvalue weighted by Gasteiger charge is -2.47. The number of carbonyl (C=O) groups excluding carboxylic acids is 2. The molecule has 0 saturated heterocycles. The third-order valence-electron chi connectivity index (χ3n) is 6.05. The molecule has 0 fully saturated rings. The summed E-state index contributed by atoms with van der Waals surface area (Å²) < 4.78 is 26.1. The summed E-state index contributed by atoms with van der Waals surface area (Å²) in [4.78, 5) is 26.7. The molecule has 2 heterocycles. The predicted molar refractivity (Wildman–Crippen MR) is 106 cm³/mol. The fraction of sp³-hybridized carbons (Fsp3) is 0.120. The smallest absolute Gasteiger partial charge is 0.279 e. The highest BCUT2D eigenvalue weighted by Crippen LogP contribution is 2.55. The maximum Gasteiger partial charge on any atom is 0.279 e. The number of hydrogen-bond acceptors (Lipinski definition) is 4. The number of rotatable bonds is 1. The standard InChI is InChI=1S/C25H15FO4/c26-15-11-9-14(10-12-15)25-13-19(16-5-3-4-8-20(16)29-25)21-22(27)17-6-1-2-7-18(17)23(28)24(21)30-25/h1-12,19H,13H2/t19-,25-/m0/s1. The highest BCUT2D eigenvalue weighted by molar-refractivity contribution is 6.26. The van der Waals surface area contributed by atoms with Crippen molar-refractivity contribution in [3.63, 3.8) is 0 Å². The Balaban J connectivity index is 1.61. The molecule has 0 aromatic heterocycles. The van der Waals surface area contributed by atoms with E-state index in [-0.39, 0.29) is 29.1 Å². The maximum absolute atomic E-state index is 13.6. The van der Waals surface area contributed by atoms with Crippen LogP contribution >= 0.6 is 0 Å². The SMILES string of the molecule is O=C1C2=C(C(=O)c3ccccc31)[C@H]1C[C@@](c3ccc(F)cc3)(O2)Oc2ccccc21. The van der Waals surface area contributed by atoms with Gasteiger partial charge in [0.25, 0.3) is 5.79 Å². The van der Waals surface area contributed by atoms with Crippen molar-refractivity contribution in [3.8, 4) is 5.75 Å². The van der Waals surface area contributed by atoms with Gasteiger partial charge in [-0.25, -0.2) is 4.39 Å². The minimum atomic E-state index is -1.31. The Morgan fingerprint density at radius 2 is 1.47 bits per heavy atom. The second-order valence-electron chi connectivity index (χ2n) is 7.71. The Morgan fingerprint density at radius 3 is 2.23 bits per heavy atom. The lowest BCUT2D eigenvalue weighted by atomic mass is 9.72. The van der Waals surface area contributed by atoms with E-state index >= 15 is 0 Å². The quantitative estimate of drug-likeness (QED) is 0.585. The van der Waals surface area contributed by atoms with E-state index in [4.69, 9.17) is 9.47 Å². The second kappa shape index (κ2) is 5.89. The van der Waals surface area contributed by atoms with Gasteiger partial charge in [-0.15, -0.1) is 0 Å². The molecule has 6 rings (SSSR count). The zero-order valence-corrected chi connectivity index (χ0v) is 15.7. The van der Waals surface area contributed by atoms with Crippen LogP contribution < -0.4 is 4.74 Å². The molecule has 5 heteroatoms. The molecule has 146 valence electrons. The predicted octanol–water partition coefficient (Wildman–Crippen LogP) is 4.91. The lowest BCUT2D eigenvalue weighted by molar-refractivity contribution is -0.185. The number of fused-ring (bicyclic) bond motifs is 6. The van der Waals surface area contributed by atoms with Crippen molar-refractivity contribution in [1.29, 1.82) is 0 Å². The van der Waals surface area contributed by atoms with Gasteiger partial charge in [-0.2, -0.15) is 0 Å². The van der Waals surface area contributed by atoms with E-state index in [1.807, 2.05) is 24.3 Å². The Morgan fingerprint density at radius 1 is 0.800 bits per heavy atom. The van der Waals surface area contributed by atoms with Gasteiger partial charge in [-0.1, -0.05) is 42.5 Å². The number of halogens is 1. The van der Waals surface area contributed by atoms with Crippen LogP contribution in [0.3, 0.4) is 0 Å². The summed E-state index contributed by atoms with van der Waals surface area (Å²) in [6.07, 6.45) is 0.315. The number of carbonyl (C=O) groups is 2. The van der Waals surface area contributed by atoms with Crippen molar-refractivity contribution in [1.82, 2.24) is 0 Å². The minimum Gasteiger partial charge on any atom is -0.448 e. The van der Waals surface area contributed by atoms with Gasteiger partial charge < -0.3 is 9.47 Å². The molecule has 3 aliphatic rings. The van der Waals surface area contributed by atoms with Gasteiger partial charge in [0.05, 0.1) is 5.57 Å². The van der Waals surface area contributed by atoms with Gasteiger partial charge in [-0.3, -0.25) is 9.59 Å². The van der Waals surface area contributed by atoms with Crippen LogP contribution in [-0.2, 0) is 10.5 Å². The minimum absolute atomic E-state index is 0.0220. The third kappa shape index (κ3) is 2.20. The average molecular weight is 398 g/mol. The van der Waals surface area contributed by atoms with Gasteiger partial charge in [0.1, 0.15) is 11.6 Å². The van der Waals surface area contributed by atoms with Crippen LogP contribution in [0.15, 0.2) is 84.1 Å². The zero-order chi connectivity index (χ0) is 20.5. The molecule has 0 spiro atoms. The molecule has 3 aromatic carbocycles. The Labute approximate surface area is 171 Å². The van der Waals surface area contributed by atoms with Crippen LogP contribution in [-0.4, -0.2) is 11.6 Å². The monoisotopic (exact) mass is 398 g/mol. The van der Waals surface area contributed by atoms with Crippen molar-refractivity contribution in [2.45, 2.75) is 18.1 Å². The molecular formula is C25H15FO4. The third-order valence-corrected chi connectivity index (χ3v) is 6.05. The molecular weight excluding hydrogens is 383 g/mol. The topological polar surface area (TPSA) is 52.6 Å². The number of allylic oxidation sites excluding steroid dienone is 2. The van der Waals surface area contributed by atoms with Gasteiger partial charge in [0.2, 0.25) is 5.78 Å². The van der Waals surface area contributed by atoms with Crippen LogP contribution in [0, 0.1) is 5.82 Å². The van der Waals surface area contributed by atoms with Crippen LogP contribution in [0.5, 0.6) is 5.75 Å². The van der Waals surface area contributed by atoms with E-state index in [1.54, 1.807) is 36.4 Å². The molecule has 0 unspecified atom stereocenters. The number of Topliss-reactive ketones (excluding diaryl/α,β-unsaturated/α-hetero) is 2. The molecule has 2 bridgehead atoms. The van der Waals surface area contributed by atoms with Gasteiger partial charge in [0.15, 0.2) is 11.5 Å². The van der Waals surface area contributed by atoms with E-state index in [0.29, 0.717) is 34.4 Å². The molecule has 30 heavy (non-hydrogen) atoms. The highest BCUT2D eigenvalue weighted by Gasteiger charge is 2.54. The molecule has 0 saturated carbocycles. The van der Waals surface area contributed by atoms with Crippen molar-refractivity contribution in [2.75, 3.05) is 0 Å². The molecule has 3 aromatic rings. The first-order valence-electron chi connectivity index (χ1n) is 9.73. The van der Waals surface area contributed by atoms with E-state index in [2.05, 4.69) is 0 Å². The van der Waals surface area contributed by atoms with Gasteiger partial charge in [-0.05, 0) is 30.3 Å². The lowest BCUT2D eigenvalue weighted by Crippen LogP contribution is -2.47. The first kappa shape index (κ1) is 17.2. The van der Waals surface area contributed by atoms with Crippen molar-refractivity contribution in [2.24, 2.45) is 0 Å². The summed E-state index contributed by atoms with van der Waals surface area (Å²) in [7, 11) is 0. The normalized spacial score (nSPS) is 23.7. The van der Waals surface area contributed by atoms with Crippen LogP contribution in [0.1, 0.15) is 44.2 Å². The Bertz CT molecular complexity index is 1270. The van der Waals surface area contributed by atoms with Crippen LogP contribution in [0.25, 0.3) is 0 Å². The van der Waals surface area contributed by atoms with E-state index in [1.165, 1.54) is 12.1 Å². The fourth-order valence-corrected chi connectivity index (χ4v) is 4.67. The number of ether oxygens (including phenoxy) is 2. The average Bonchev–Trinajstić information content (AvgIpc) is 2.77. The second-order valence-corrected chi connectivity index (χ2v) is 7.71. The summed E-state index contributed by atoms with van der Waals surface area (Å²) >= 11 is 0. The van der Waals surface area contributed by atoms with Crippen molar-refractivity contribution in [3.05, 3.63) is 112 Å². The molecule has 0 radical (unpaired) electrons. The van der Waals surface area contributed by atoms with Crippen molar-refractivity contribution >= 4 is 11.6 Å². The largest absolute Gasteiger partial charge is 0.448 e. The fourth-order valence-electron chi connectivity index (χ4n) is 4.67. The Kier molecular flexibility index (Phi) is 3.37. The van der Waals surface area contributed by atoms with Gasteiger partial charge in [0, 0.05) is 34.6 Å². The number of hydrogen-bond donors (Lipinski definition) is 0. The number of para-hydroxylation sites is 1. The molecule has 2 aliphatic heterocycles. The molecule has 1 aliphatic carbocycles. The summed E-state index contributed by atoms with van der Waals surface area (Å²) in [6, 6.07) is 20.1. The van der Waals surface area contributed by atoms with Crippen LogP contribution in [0.4, 0.5) is 4.39 Å². The van der Waals surface area contributed by atoms with E-state index in [9.17, 15) is 14.0 Å². The number of benzene rings is 3. The summed E-state index contributed by atoms with van der Waals surface area (Å²) in [6.45, 7) is 0. The highest BCUT2D eigenvalue weighted by atomic mass is 19.1. The molecule has 0 N–H and O–H groups in total. The molecule has 4 nitrogen and oxygen atoms in total. The summed E-state index contributed by atoms with van der Waals surface area (Å²) in [5, 5.41) is 0. The molecule has 2 atom stereocenters. The zero-order valence-electron chi connectivity index (χ0n) is 15.7. The van der Waals surface area contributed by atoms with Crippen LogP contribution in [0.2, 0.25) is 0 Å². The Hall–Kier alpha value is -3.73. The van der Waals surface area contributed by atoms with Crippen molar-refractivity contribution < 1.29 is 23.5 Å². The summed E-state index contributed by atoms with van der Waals surface area (Å²) in [5.74, 6) is -1.98. The van der Waals surface area contributed by atoms with Gasteiger partial charge >= 0.3 is 0 Å². The first-order chi connectivity index (χ1) is 14.6. The number of ketones is 2. The van der Waals surface area contributed by atoms with E-state index < -0.39 is 5.79 Å². The maximum atomic E-state index is 13.6. The first-order valence-corrected chi connectivity index (χ1v) is 9.73. The van der Waals surface area contributed by atoms with E-state index in [0.717, 1.165) is 5.56 Å². The molecule has 0 amide bonds.